The zero-order valence-corrected chi connectivity index (χ0v) is 9.78. The number of rotatable bonds is 5. The molecule has 0 radical (unpaired) electrons. The average molecular weight is 216 g/mol. The third-order valence-electron chi connectivity index (χ3n) is 1.96. The number of carbonyl (C=O) groups is 2. The summed E-state index contributed by atoms with van der Waals surface area (Å²) in [5.41, 5.74) is 0. The van der Waals surface area contributed by atoms with Crippen molar-refractivity contribution in [3.63, 3.8) is 0 Å². The summed E-state index contributed by atoms with van der Waals surface area (Å²) in [4.78, 5) is 23.7. The van der Waals surface area contributed by atoms with Crippen LogP contribution in [0.5, 0.6) is 0 Å². The first kappa shape index (κ1) is 13.7. The average Bonchev–Trinajstić information content (AvgIpc) is 2.13. The van der Waals surface area contributed by atoms with E-state index in [1.807, 2.05) is 20.8 Å². The van der Waals surface area contributed by atoms with E-state index in [9.17, 15) is 9.59 Å². The lowest BCUT2D eigenvalue weighted by Crippen LogP contribution is -2.47. The number of hydrogen-bond acceptors (Lipinski definition) is 2. The molecule has 5 nitrogen and oxygen atoms in total. The molecule has 0 heterocycles. The van der Waals surface area contributed by atoms with Gasteiger partial charge in [-0.3, -0.25) is 4.79 Å². The van der Waals surface area contributed by atoms with Gasteiger partial charge in [-0.05, 0) is 19.8 Å². The largest absolute Gasteiger partial charge is 0.480 e. The minimum atomic E-state index is -1.02. The molecule has 1 unspecified atom stereocenters. The second-order valence-corrected chi connectivity index (χ2v) is 3.94. The molecular formula is C10H20N2O3. The molecule has 0 aliphatic rings. The number of carboxylic acids is 1. The standard InChI is InChI=1S/C10H20N2O3/c1-5-12(6-7(2)3)10(15)11-8(4)9(13)14/h7-8H,5-6H2,1-4H3,(H,11,15)(H,13,14). The maximum absolute atomic E-state index is 11.6. The van der Waals surface area contributed by atoms with Gasteiger partial charge in [-0.2, -0.15) is 0 Å². The Balaban J connectivity index is 4.21. The summed E-state index contributed by atoms with van der Waals surface area (Å²) in [5, 5.41) is 11.1. The summed E-state index contributed by atoms with van der Waals surface area (Å²) >= 11 is 0. The van der Waals surface area contributed by atoms with Crippen molar-refractivity contribution in [2.45, 2.75) is 33.7 Å². The summed E-state index contributed by atoms with van der Waals surface area (Å²) < 4.78 is 0. The van der Waals surface area contributed by atoms with Crippen molar-refractivity contribution in [1.29, 1.82) is 0 Å². The fourth-order valence-corrected chi connectivity index (χ4v) is 1.13. The molecule has 0 bridgehead atoms. The van der Waals surface area contributed by atoms with E-state index in [2.05, 4.69) is 5.32 Å². The van der Waals surface area contributed by atoms with Crippen LogP contribution >= 0.6 is 0 Å². The van der Waals surface area contributed by atoms with Crippen LogP contribution < -0.4 is 5.32 Å². The number of urea groups is 1. The summed E-state index contributed by atoms with van der Waals surface area (Å²) in [5.74, 6) is -0.653. The highest BCUT2D eigenvalue weighted by Crippen LogP contribution is 1.99. The van der Waals surface area contributed by atoms with Gasteiger partial charge in [0, 0.05) is 13.1 Å². The van der Waals surface area contributed by atoms with E-state index in [1.54, 1.807) is 4.90 Å². The molecule has 88 valence electrons. The summed E-state index contributed by atoms with van der Waals surface area (Å²) in [6, 6.07) is -1.17. The first-order chi connectivity index (χ1) is 6.88. The molecule has 0 aromatic heterocycles. The summed E-state index contributed by atoms with van der Waals surface area (Å²) in [6.07, 6.45) is 0. The van der Waals surface area contributed by atoms with Gasteiger partial charge < -0.3 is 15.3 Å². The first-order valence-electron chi connectivity index (χ1n) is 5.16. The maximum atomic E-state index is 11.6. The van der Waals surface area contributed by atoms with Gasteiger partial charge in [0.05, 0.1) is 0 Å². The van der Waals surface area contributed by atoms with Crippen molar-refractivity contribution in [1.82, 2.24) is 10.2 Å². The van der Waals surface area contributed by atoms with Crippen LogP contribution in [-0.4, -0.2) is 41.1 Å². The monoisotopic (exact) mass is 216 g/mol. The van der Waals surface area contributed by atoms with Gasteiger partial charge in [-0.1, -0.05) is 13.8 Å². The van der Waals surface area contributed by atoms with Crippen molar-refractivity contribution in [2.24, 2.45) is 5.92 Å². The molecule has 0 aromatic rings. The molecule has 15 heavy (non-hydrogen) atoms. The molecule has 0 rings (SSSR count). The molecule has 0 saturated heterocycles. The van der Waals surface area contributed by atoms with Gasteiger partial charge in [0.1, 0.15) is 6.04 Å². The van der Waals surface area contributed by atoms with E-state index in [4.69, 9.17) is 5.11 Å². The van der Waals surface area contributed by atoms with Gasteiger partial charge in [0.25, 0.3) is 0 Å². The SMILES string of the molecule is CCN(CC(C)C)C(=O)NC(C)C(=O)O. The number of aliphatic carboxylic acids is 1. The fraction of sp³-hybridized carbons (Fsp3) is 0.800. The van der Waals surface area contributed by atoms with E-state index < -0.39 is 12.0 Å². The van der Waals surface area contributed by atoms with E-state index in [0.29, 0.717) is 19.0 Å². The zero-order valence-electron chi connectivity index (χ0n) is 9.78. The normalized spacial score (nSPS) is 12.3. The Hall–Kier alpha value is -1.26. The van der Waals surface area contributed by atoms with Gasteiger partial charge >= 0.3 is 12.0 Å². The third-order valence-corrected chi connectivity index (χ3v) is 1.96. The third kappa shape index (κ3) is 5.24. The lowest BCUT2D eigenvalue weighted by molar-refractivity contribution is -0.138. The van der Waals surface area contributed by atoms with Crippen LogP contribution in [0.25, 0.3) is 0 Å². The molecular weight excluding hydrogens is 196 g/mol. The number of hydrogen-bond donors (Lipinski definition) is 2. The molecule has 0 fully saturated rings. The number of nitrogens with zero attached hydrogens (tertiary/aromatic N) is 1. The predicted molar refractivity (Wildman–Crippen MR) is 57.7 cm³/mol. The summed E-state index contributed by atoms with van der Waals surface area (Å²) in [7, 11) is 0. The Labute approximate surface area is 90.5 Å². The van der Waals surface area contributed by atoms with Gasteiger partial charge in [-0.15, -0.1) is 0 Å². The quantitative estimate of drug-likeness (QED) is 0.724. The number of carboxylic acid groups (broad SMARTS) is 1. The Kier molecular flexibility index (Phi) is 5.74. The molecule has 2 N–H and O–H groups in total. The van der Waals surface area contributed by atoms with Crippen molar-refractivity contribution in [3.05, 3.63) is 0 Å². The first-order valence-corrected chi connectivity index (χ1v) is 5.16. The Morgan fingerprint density at radius 2 is 1.87 bits per heavy atom. The van der Waals surface area contributed by atoms with Gasteiger partial charge in [-0.25, -0.2) is 4.79 Å². The lowest BCUT2D eigenvalue weighted by atomic mass is 10.2. The van der Waals surface area contributed by atoms with Gasteiger partial charge in [0.2, 0.25) is 0 Å². The zero-order chi connectivity index (χ0) is 12.0. The van der Waals surface area contributed by atoms with Gasteiger partial charge in [0.15, 0.2) is 0 Å². The molecule has 5 heteroatoms. The van der Waals surface area contributed by atoms with E-state index >= 15 is 0 Å². The van der Waals surface area contributed by atoms with Crippen molar-refractivity contribution in [3.8, 4) is 0 Å². The van der Waals surface area contributed by atoms with E-state index in [1.165, 1.54) is 6.92 Å². The Bertz CT molecular complexity index is 229. The fourth-order valence-electron chi connectivity index (χ4n) is 1.13. The minimum absolute atomic E-state index is 0.318. The Morgan fingerprint density at radius 1 is 1.33 bits per heavy atom. The van der Waals surface area contributed by atoms with Crippen molar-refractivity contribution in [2.75, 3.05) is 13.1 Å². The highest BCUT2D eigenvalue weighted by Gasteiger charge is 2.18. The van der Waals surface area contributed by atoms with E-state index in [-0.39, 0.29) is 6.03 Å². The number of amides is 2. The van der Waals surface area contributed by atoms with Crippen LogP contribution in [0.1, 0.15) is 27.7 Å². The maximum Gasteiger partial charge on any atom is 0.325 e. The molecule has 0 aliphatic heterocycles. The molecule has 0 aromatic carbocycles. The Morgan fingerprint density at radius 3 is 2.20 bits per heavy atom. The van der Waals surface area contributed by atoms with Crippen LogP contribution in [0.15, 0.2) is 0 Å². The highest BCUT2D eigenvalue weighted by atomic mass is 16.4. The van der Waals surface area contributed by atoms with Crippen LogP contribution in [0, 0.1) is 5.92 Å². The second kappa shape index (κ2) is 6.27. The lowest BCUT2D eigenvalue weighted by Gasteiger charge is -2.24. The van der Waals surface area contributed by atoms with Crippen molar-refractivity contribution >= 4 is 12.0 Å². The predicted octanol–water partition coefficient (Wildman–Crippen LogP) is 1.15. The van der Waals surface area contributed by atoms with Crippen molar-refractivity contribution < 1.29 is 14.7 Å². The molecule has 1 atom stereocenters. The molecule has 0 saturated carbocycles. The van der Waals surface area contributed by atoms with Crippen LogP contribution in [0.2, 0.25) is 0 Å². The summed E-state index contributed by atoms with van der Waals surface area (Å²) in [6.45, 7) is 8.55. The highest BCUT2D eigenvalue weighted by molar-refractivity contribution is 5.82. The smallest absolute Gasteiger partial charge is 0.325 e. The second-order valence-electron chi connectivity index (χ2n) is 3.94. The van der Waals surface area contributed by atoms with Crippen LogP contribution in [0.3, 0.4) is 0 Å². The van der Waals surface area contributed by atoms with E-state index in [0.717, 1.165) is 0 Å². The molecule has 2 amide bonds. The minimum Gasteiger partial charge on any atom is -0.480 e. The van der Waals surface area contributed by atoms with Crippen LogP contribution in [-0.2, 0) is 4.79 Å². The molecule has 0 spiro atoms. The van der Waals surface area contributed by atoms with Crippen LogP contribution in [0.4, 0.5) is 4.79 Å². The number of nitrogens with one attached hydrogen (secondary N) is 1. The topological polar surface area (TPSA) is 69.6 Å². The molecule has 0 aliphatic carbocycles. The number of carbonyl (C=O) groups excluding carboxylic acids is 1.